The molecule has 1 amide bonds. The average Bonchev–Trinajstić information content (AvgIpc) is 2.49. The molecule has 9 heteroatoms. The van der Waals surface area contributed by atoms with Gasteiger partial charge < -0.3 is 10.8 Å². The first-order valence-electron chi connectivity index (χ1n) is 5.83. The molecular formula is C12H11F3N2O3S. The Balaban J connectivity index is 2.54. The number of nitrogens with two attached hydrogens (primary N) is 1. The zero-order chi connectivity index (χ0) is 15.8. The lowest BCUT2D eigenvalue weighted by Gasteiger charge is -2.23. The van der Waals surface area contributed by atoms with Crippen LogP contribution in [0.2, 0.25) is 0 Å². The molecule has 3 N–H and O–H groups in total. The van der Waals surface area contributed by atoms with Crippen molar-refractivity contribution in [1.82, 2.24) is 0 Å². The number of hydrogen-bond acceptors (Lipinski definition) is 4. The maximum Gasteiger partial charge on any atom is 0.416 e. The van der Waals surface area contributed by atoms with Crippen molar-refractivity contribution in [2.75, 3.05) is 17.2 Å². The highest BCUT2D eigenvalue weighted by Gasteiger charge is 2.35. The fraction of sp³-hybridized carbons (Fsp3) is 0.333. The van der Waals surface area contributed by atoms with E-state index in [-0.39, 0.29) is 11.4 Å². The number of amides is 1. The highest BCUT2D eigenvalue weighted by molar-refractivity contribution is 7.99. The van der Waals surface area contributed by atoms with Crippen molar-refractivity contribution in [3.63, 3.8) is 0 Å². The highest BCUT2D eigenvalue weighted by atomic mass is 32.2. The summed E-state index contributed by atoms with van der Waals surface area (Å²) in [6.07, 6.45) is -4.58. The third-order valence-electron chi connectivity index (χ3n) is 2.87. The van der Waals surface area contributed by atoms with Gasteiger partial charge in [0, 0.05) is 10.6 Å². The summed E-state index contributed by atoms with van der Waals surface area (Å²) in [5.74, 6) is -1.86. The van der Waals surface area contributed by atoms with Crippen LogP contribution in [0.1, 0.15) is 5.56 Å². The molecule has 0 saturated carbocycles. The second kappa shape index (κ2) is 5.57. The first kappa shape index (κ1) is 15.6. The number of hydrogen-bond donors (Lipinski definition) is 2. The van der Waals surface area contributed by atoms with Crippen LogP contribution in [0, 0.1) is 0 Å². The molecule has 0 saturated heterocycles. The number of carbonyl (C=O) groups excluding carboxylic acids is 1. The van der Waals surface area contributed by atoms with Crippen molar-refractivity contribution >= 4 is 29.3 Å². The number of carbonyl (C=O) groups is 2. The maximum absolute atomic E-state index is 12.8. The van der Waals surface area contributed by atoms with E-state index in [9.17, 15) is 22.8 Å². The zero-order valence-electron chi connectivity index (χ0n) is 10.6. The number of carboxylic acid groups (broad SMARTS) is 1. The minimum absolute atomic E-state index is 0.0739. The Morgan fingerprint density at radius 3 is 2.71 bits per heavy atom. The van der Waals surface area contributed by atoms with Gasteiger partial charge in [0.05, 0.1) is 17.3 Å². The van der Waals surface area contributed by atoms with Crippen LogP contribution in [0.15, 0.2) is 23.1 Å². The molecule has 0 spiro atoms. The Morgan fingerprint density at radius 1 is 1.48 bits per heavy atom. The van der Waals surface area contributed by atoms with Crippen LogP contribution < -0.4 is 10.6 Å². The molecule has 1 atom stereocenters. The largest absolute Gasteiger partial charge is 0.480 e. The molecule has 114 valence electrons. The Labute approximate surface area is 121 Å². The van der Waals surface area contributed by atoms with E-state index in [0.717, 1.165) is 28.8 Å². The standard InChI is InChI=1S/C12H11F3N2O3S/c13-12(14,15)6-1-2-9-8(3-6)17(4-10(18)19)11(20)7(16)5-21-9/h1-3,7H,4-5,16H2,(H,18,19). The maximum atomic E-state index is 12.8. The lowest BCUT2D eigenvalue weighted by molar-refractivity contribution is -0.137. The molecule has 21 heavy (non-hydrogen) atoms. The lowest BCUT2D eigenvalue weighted by atomic mass is 10.1. The lowest BCUT2D eigenvalue weighted by Crippen LogP contribution is -2.46. The van der Waals surface area contributed by atoms with Crippen LogP contribution in [-0.2, 0) is 15.8 Å². The number of fused-ring (bicyclic) bond motifs is 1. The molecule has 1 heterocycles. The number of nitrogens with zero attached hydrogens (tertiary/aromatic N) is 1. The summed E-state index contributed by atoms with van der Waals surface area (Å²) in [7, 11) is 0. The van der Waals surface area contributed by atoms with Gasteiger partial charge in [-0.25, -0.2) is 0 Å². The predicted molar refractivity (Wildman–Crippen MR) is 70.1 cm³/mol. The molecule has 0 bridgehead atoms. The Bertz CT molecular complexity index is 592. The summed E-state index contributed by atoms with van der Waals surface area (Å²) >= 11 is 1.12. The summed E-state index contributed by atoms with van der Waals surface area (Å²) in [5.41, 5.74) is 4.60. The molecule has 1 aliphatic rings. The summed E-state index contributed by atoms with van der Waals surface area (Å²) < 4.78 is 38.3. The van der Waals surface area contributed by atoms with Gasteiger partial charge in [-0.1, -0.05) is 0 Å². The number of halogens is 3. The number of rotatable bonds is 2. The minimum atomic E-state index is -4.58. The van der Waals surface area contributed by atoms with E-state index in [0.29, 0.717) is 4.90 Å². The minimum Gasteiger partial charge on any atom is -0.480 e. The van der Waals surface area contributed by atoms with Gasteiger partial charge in [-0.3, -0.25) is 14.5 Å². The van der Waals surface area contributed by atoms with Gasteiger partial charge in [0.2, 0.25) is 5.91 Å². The monoisotopic (exact) mass is 320 g/mol. The molecule has 1 aromatic rings. The number of aliphatic carboxylic acids is 1. The van der Waals surface area contributed by atoms with E-state index in [2.05, 4.69) is 0 Å². The average molecular weight is 320 g/mol. The third-order valence-corrected chi connectivity index (χ3v) is 4.05. The highest BCUT2D eigenvalue weighted by Crippen LogP contribution is 2.39. The number of thioether (sulfide) groups is 1. The van der Waals surface area contributed by atoms with E-state index < -0.39 is 36.2 Å². The van der Waals surface area contributed by atoms with Crippen molar-refractivity contribution in [1.29, 1.82) is 0 Å². The Kier molecular flexibility index (Phi) is 4.15. The number of anilines is 1. The fourth-order valence-corrected chi connectivity index (χ4v) is 2.88. The zero-order valence-corrected chi connectivity index (χ0v) is 11.4. The van der Waals surface area contributed by atoms with Gasteiger partial charge in [0.15, 0.2) is 0 Å². The second-order valence-electron chi connectivity index (χ2n) is 4.42. The van der Waals surface area contributed by atoms with E-state index in [4.69, 9.17) is 10.8 Å². The molecular weight excluding hydrogens is 309 g/mol. The van der Waals surface area contributed by atoms with Crippen molar-refractivity contribution in [3.8, 4) is 0 Å². The van der Waals surface area contributed by atoms with Gasteiger partial charge in [-0.2, -0.15) is 13.2 Å². The molecule has 0 fully saturated rings. The summed E-state index contributed by atoms with van der Waals surface area (Å²) in [6.45, 7) is -0.735. The normalized spacial score (nSPS) is 19.1. The van der Waals surface area contributed by atoms with Gasteiger partial charge in [0.25, 0.3) is 0 Å². The molecule has 1 aromatic carbocycles. The third kappa shape index (κ3) is 3.30. The molecule has 1 unspecified atom stereocenters. The summed E-state index contributed by atoms with van der Waals surface area (Å²) in [5, 5.41) is 8.85. The van der Waals surface area contributed by atoms with Crippen molar-refractivity contribution in [2.24, 2.45) is 5.73 Å². The van der Waals surface area contributed by atoms with Crippen LogP contribution in [-0.4, -0.2) is 35.3 Å². The van der Waals surface area contributed by atoms with Crippen LogP contribution >= 0.6 is 11.8 Å². The molecule has 0 aliphatic carbocycles. The van der Waals surface area contributed by atoms with Gasteiger partial charge in [-0.05, 0) is 18.2 Å². The van der Waals surface area contributed by atoms with E-state index in [1.54, 1.807) is 0 Å². The quantitative estimate of drug-likeness (QED) is 0.864. The topological polar surface area (TPSA) is 83.6 Å². The summed E-state index contributed by atoms with van der Waals surface area (Å²) in [4.78, 5) is 24.1. The van der Waals surface area contributed by atoms with Gasteiger partial charge in [-0.15, -0.1) is 11.8 Å². The van der Waals surface area contributed by atoms with Crippen LogP contribution in [0.5, 0.6) is 0 Å². The molecule has 0 radical (unpaired) electrons. The smallest absolute Gasteiger partial charge is 0.416 e. The van der Waals surface area contributed by atoms with Crippen molar-refractivity contribution in [3.05, 3.63) is 23.8 Å². The van der Waals surface area contributed by atoms with Crippen molar-refractivity contribution < 1.29 is 27.9 Å². The number of alkyl halides is 3. The SMILES string of the molecule is NC1CSc2ccc(C(F)(F)F)cc2N(CC(=O)O)C1=O. The van der Waals surface area contributed by atoms with Crippen LogP contribution in [0.3, 0.4) is 0 Å². The molecule has 5 nitrogen and oxygen atoms in total. The molecule has 1 aliphatic heterocycles. The van der Waals surface area contributed by atoms with Crippen LogP contribution in [0.4, 0.5) is 18.9 Å². The molecule has 2 rings (SSSR count). The molecule has 0 aromatic heterocycles. The Hall–Kier alpha value is -1.74. The van der Waals surface area contributed by atoms with Crippen LogP contribution in [0.25, 0.3) is 0 Å². The second-order valence-corrected chi connectivity index (χ2v) is 5.48. The summed E-state index contributed by atoms with van der Waals surface area (Å²) in [6, 6.07) is 1.94. The first-order chi connectivity index (χ1) is 9.70. The number of carboxylic acids is 1. The van der Waals surface area contributed by atoms with Gasteiger partial charge in [0.1, 0.15) is 6.54 Å². The Morgan fingerprint density at radius 2 is 2.14 bits per heavy atom. The van der Waals surface area contributed by atoms with Gasteiger partial charge >= 0.3 is 12.1 Å². The first-order valence-corrected chi connectivity index (χ1v) is 6.81. The van der Waals surface area contributed by atoms with E-state index in [1.165, 1.54) is 6.07 Å². The van der Waals surface area contributed by atoms with E-state index in [1.807, 2.05) is 0 Å². The fourth-order valence-electron chi connectivity index (χ4n) is 1.89. The predicted octanol–water partition coefficient (Wildman–Crippen LogP) is 1.56. The number of benzene rings is 1. The van der Waals surface area contributed by atoms with Crippen molar-refractivity contribution in [2.45, 2.75) is 17.1 Å². The van der Waals surface area contributed by atoms with E-state index >= 15 is 0 Å².